The molecule has 1 aromatic rings. The van der Waals surface area contributed by atoms with Crippen molar-refractivity contribution in [3.63, 3.8) is 0 Å². The first-order valence-corrected chi connectivity index (χ1v) is 8.42. The Bertz CT molecular complexity index is 508. The molecule has 128 valence electrons. The van der Waals surface area contributed by atoms with Gasteiger partial charge in [-0.05, 0) is 44.4 Å². The van der Waals surface area contributed by atoms with Crippen molar-refractivity contribution in [2.45, 2.75) is 63.7 Å². The van der Waals surface area contributed by atoms with E-state index in [9.17, 15) is 9.90 Å². The van der Waals surface area contributed by atoms with E-state index in [1.807, 2.05) is 38.1 Å². The second kappa shape index (κ2) is 7.79. The first-order chi connectivity index (χ1) is 10.9. The zero-order chi connectivity index (χ0) is 16.9. The van der Waals surface area contributed by atoms with E-state index < -0.39 is 11.6 Å². The largest absolute Gasteiger partial charge is 0.491 e. The Morgan fingerprint density at radius 2 is 1.87 bits per heavy atom. The van der Waals surface area contributed by atoms with Gasteiger partial charge >= 0.3 is 0 Å². The van der Waals surface area contributed by atoms with E-state index in [-0.39, 0.29) is 18.6 Å². The number of hydrogen-bond donors (Lipinski definition) is 3. The molecule has 1 amide bonds. The van der Waals surface area contributed by atoms with Gasteiger partial charge in [0.1, 0.15) is 5.75 Å². The maximum atomic E-state index is 12.3. The van der Waals surface area contributed by atoms with Crippen LogP contribution in [0.15, 0.2) is 24.3 Å². The van der Waals surface area contributed by atoms with Crippen LogP contribution in [0.4, 0.5) is 0 Å². The highest BCUT2D eigenvalue weighted by molar-refractivity contribution is 5.86. The number of carbonyl (C=O) groups is 1. The third kappa shape index (κ3) is 4.94. The van der Waals surface area contributed by atoms with Crippen molar-refractivity contribution in [2.75, 3.05) is 6.54 Å². The number of nitrogens with one attached hydrogen (secondary N) is 1. The van der Waals surface area contributed by atoms with Crippen LogP contribution in [-0.2, 0) is 4.79 Å². The molecule has 5 nitrogen and oxygen atoms in total. The molecule has 1 unspecified atom stereocenters. The van der Waals surface area contributed by atoms with Crippen molar-refractivity contribution in [2.24, 2.45) is 5.73 Å². The normalized spacial score (nSPS) is 18.5. The second-order valence-electron chi connectivity index (χ2n) is 6.68. The highest BCUT2D eigenvalue weighted by atomic mass is 16.5. The fourth-order valence-electron chi connectivity index (χ4n) is 2.93. The van der Waals surface area contributed by atoms with Crippen LogP contribution >= 0.6 is 0 Å². The maximum absolute atomic E-state index is 12.3. The lowest BCUT2D eigenvalue weighted by atomic mass is 9.82. The monoisotopic (exact) mass is 320 g/mol. The first kappa shape index (κ1) is 17.8. The summed E-state index contributed by atoms with van der Waals surface area (Å²) in [6.07, 6.45) is 3.92. The molecule has 0 spiro atoms. The molecule has 5 heteroatoms. The molecule has 1 atom stereocenters. The molecule has 23 heavy (non-hydrogen) atoms. The van der Waals surface area contributed by atoms with E-state index in [0.29, 0.717) is 0 Å². The number of aliphatic hydroxyl groups is 1. The molecule has 0 heterocycles. The molecule has 1 fully saturated rings. The minimum Gasteiger partial charge on any atom is -0.491 e. The van der Waals surface area contributed by atoms with E-state index in [2.05, 4.69) is 5.32 Å². The number of nitrogens with two attached hydrogens (primary N) is 1. The average molecular weight is 320 g/mol. The van der Waals surface area contributed by atoms with Crippen LogP contribution in [0.5, 0.6) is 5.75 Å². The minimum absolute atomic E-state index is 0.112. The molecule has 0 saturated heterocycles. The molecular formula is C18H28N2O3. The van der Waals surface area contributed by atoms with Gasteiger partial charge in [-0.25, -0.2) is 0 Å². The molecule has 1 aliphatic rings. The summed E-state index contributed by atoms with van der Waals surface area (Å²) >= 11 is 0. The zero-order valence-corrected chi connectivity index (χ0v) is 14.0. The van der Waals surface area contributed by atoms with Crippen LogP contribution in [0.2, 0.25) is 0 Å². The quantitative estimate of drug-likeness (QED) is 0.751. The van der Waals surface area contributed by atoms with E-state index in [1.54, 1.807) is 0 Å². The summed E-state index contributed by atoms with van der Waals surface area (Å²) in [7, 11) is 0. The molecule has 2 rings (SSSR count). The molecule has 1 aliphatic carbocycles. The number of aliphatic hydroxyl groups excluding tert-OH is 1. The van der Waals surface area contributed by atoms with Gasteiger partial charge in [-0.2, -0.15) is 0 Å². The summed E-state index contributed by atoms with van der Waals surface area (Å²) in [4.78, 5) is 12.3. The Kier molecular flexibility index (Phi) is 6.02. The van der Waals surface area contributed by atoms with Crippen molar-refractivity contribution in [3.05, 3.63) is 29.8 Å². The van der Waals surface area contributed by atoms with E-state index in [0.717, 1.165) is 43.4 Å². The lowest BCUT2D eigenvalue weighted by Crippen LogP contribution is -2.55. The standard InChI is InChI=1S/C18H28N2O3/c1-13(2)23-15-8-6-14(7-9-15)16(21)12-20-17(22)18(19)10-4-3-5-11-18/h6-9,13,16,21H,3-5,10-12,19H2,1-2H3,(H,20,22). The van der Waals surface area contributed by atoms with Crippen molar-refractivity contribution in [1.82, 2.24) is 5.32 Å². The summed E-state index contributed by atoms with van der Waals surface area (Å²) < 4.78 is 5.57. The number of benzene rings is 1. The Morgan fingerprint density at radius 1 is 1.26 bits per heavy atom. The summed E-state index contributed by atoms with van der Waals surface area (Å²) in [6, 6.07) is 7.28. The Balaban J connectivity index is 1.86. The van der Waals surface area contributed by atoms with Crippen LogP contribution in [-0.4, -0.2) is 29.2 Å². The second-order valence-corrected chi connectivity index (χ2v) is 6.68. The SMILES string of the molecule is CC(C)Oc1ccc(C(O)CNC(=O)C2(N)CCCCC2)cc1. The van der Waals surface area contributed by atoms with Crippen LogP contribution < -0.4 is 15.8 Å². The van der Waals surface area contributed by atoms with Crippen molar-refractivity contribution in [3.8, 4) is 5.75 Å². The molecule has 0 aliphatic heterocycles. The van der Waals surface area contributed by atoms with Gasteiger partial charge in [0.15, 0.2) is 0 Å². The third-order valence-electron chi connectivity index (χ3n) is 4.29. The number of carbonyl (C=O) groups excluding carboxylic acids is 1. The molecular weight excluding hydrogens is 292 g/mol. The zero-order valence-electron chi connectivity index (χ0n) is 14.0. The molecule has 0 radical (unpaired) electrons. The van der Waals surface area contributed by atoms with Crippen LogP contribution in [0, 0.1) is 0 Å². The molecule has 0 aromatic heterocycles. The fourth-order valence-corrected chi connectivity index (χ4v) is 2.93. The molecule has 1 aromatic carbocycles. The summed E-state index contributed by atoms with van der Waals surface area (Å²) in [5.41, 5.74) is 6.16. The Hall–Kier alpha value is -1.59. The van der Waals surface area contributed by atoms with Gasteiger partial charge in [0, 0.05) is 6.54 Å². The van der Waals surface area contributed by atoms with Crippen molar-refractivity contribution >= 4 is 5.91 Å². The Labute approximate surface area is 138 Å². The predicted molar refractivity (Wildman–Crippen MR) is 90.2 cm³/mol. The van der Waals surface area contributed by atoms with Gasteiger partial charge < -0.3 is 20.9 Å². The fraction of sp³-hybridized carbons (Fsp3) is 0.611. The highest BCUT2D eigenvalue weighted by Crippen LogP contribution is 2.26. The average Bonchev–Trinajstić information content (AvgIpc) is 2.53. The van der Waals surface area contributed by atoms with Gasteiger partial charge in [0.05, 0.1) is 17.7 Å². The first-order valence-electron chi connectivity index (χ1n) is 8.42. The number of ether oxygens (including phenoxy) is 1. The lowest BCUT2D eigenvalue weighted by Gasteiger charge is -2.32. The minimum atomic E-state index is -0.771. The molecule has 1 saturated carbocycles. The smallest absolute Gasteiger partial charge is 0.240 e. The lowest BCUT2D eigenvalue weighted by molar-refractivity contribution is -0.128. The summed E-state index contributed by atoms with van der Waals surface area (Å²) in [6.45, 7) is 4.10. The third-order valence-corrected chi connectivity index (χ3v) is 4.29. The molecule has 0 bridgehead atoms. The van der Waals surface area contributed by atoms with Crippen LogP contribution in [0.1, 0.15) is 57.6 Å². The van der Waals surface area contributed by atoms with Gasteiger partial charge in [-0.15, -0.1) is 0 Å². The van der Waals surface area contributed by atoms with Gasteiger partial charge in [-0.3, -0.25) is 4.79 Å². The van der Waals surface area contributed by atoms with E-state index in [1.165, 1.54) is 0 Å². The van der Waals surface area contributed by atoms with Crippen LogP contribution in [0.3, 0.4) is 0 Å². The topological polar surface area (TPSA) is 84.6 Å². The van der Waals surface area contributed by atoms with Crippen molar-refractivity contribution < 1.29 is 14.6 Å². The summed E-state index contributed by atoms with van der Waals surface area (Å²) in [5.74, 6) is 0.610. The van der Waals surface area contributed by atoms with E-state index in [4.69, 9.17) is 10.5 Å². The van der Waals surface area contributed by atoms with E-state index >= 15 is 0 Å². The summed E-state index contributed by atoms with van der Waals surface area (Å²) in [5, 5.41) is 13.0. The van der Waals surface area contributed by atoms with Gasteiger partial charge in [0.25, 0.3) is 0 Å². The predicted octanol–water partition coefficient (Wildman–Crippen LogP) is 2.29. The number of rotatable bonds is 6. The van der Waals surface area contributed by atoms with Gasteiger partial charge in [-0.1, -0.05) is 31.4 Å². The maximum Gasteiger partial charge on any atom is 0.240 e. The number of amides is 1. The Morgan fingerprint density at radius 3 is 2.43 bits per heavy atom. The highest BCUT2D eigenvalue weighted by Gasteiger charge is 2.35. The number of hydrogen-bond acceptors (Lipinski definition) is 4. The van der Waals surface area contributed by atoms with Gasteiger partial charge in [0.2, 0.25) is 5.91 Å². The molecule has 4 N–H and O–H groups in total. The van der Waals surface area contributed by atoms with Crippen molar-refractivity contribution in [1.29, 1.82) is 0 Å². The van der Waals surface area contributed by atoms with Crippen LogP contribution in [0.25, 0.3) is 0 Å².